The van der Waals surface area contributed by atoms with Crippen LogP contribution in [0.5, 0.6) is 0 Å². The number of pyridine rings is 1. The SMILES string of the molecule is Cn1ccc(C(=O)Nc2ccc3[nH]c(=O)[nH]c3c2)cc1=O. The molecular weight excluding hydrogens is 272 g/mol. The fraction of sp³-hybridized carbons (Fsp3) is 0.0714. The van der Waals surface area contributed by atoms with Crippen molar-refractivity contribution in [2.24, 2.45) is 7.05 Å². The number of hydrogen-bond donors (Lipinski definition) is 3. The van der Waals surface area contributed by atoms with Gasteiger partial charge in [0, 0.05) is 30.6 Å². The lowest BCUT2D eigenvalue weighted by molar-refractivity contribution is 0.102. The predicted molar refractivity (Wildman–Crippen MR) is 78.6 cm³/mol. The van der Waals surface area contributed by atoms with Gasteiger partial charge in [-0.05, 0) is 24.3 Å². The highest BCUT2D eigenvalue weighted by atomic mass is 16.2. The largest absolute Gasteiger partial charge is 0.323 e. The zero-order chi connectivity index (χ0) is 15.0. The van der Waals surface area contributed by atoms with Gasteiger partial charge in [0.15, 0.2) is 0 Å². The third kappa shape index (κ3) is 2.48. The highest BCUT2D eigenvalue weighted by Crippen LogP contribution is 2.15. The van der Waals surface area contributed by atoms with E-state index in [-0.39, 0.29) is 22.7 Å². The molecule has 3 aromatic rings. The van der Waals surface area contributed by atoms with Crippen LogP contribution in [-0.2, 0) is 7.05 Å². The first-order valence-corrected chi connectivity index (χ1v) is 6.23. The summed E-state index contributed by atoms with van der Waals surface area (Å²) in [6.45, 7) is 0. The Morgan fingerprint density at radius 3 is 2.62 bits per heavy atom. The summed E-state index contributed by atoms with van der Waals surface area (Å²) in [4.78, 5) is 40.0. The topological polar surface area (TPSA) is 99.8 Å². The molecule has 2 heterocycles. The van der Waals surface area contributed by atoms with Crippen LogP contribution in [0.3, 0.4) is 0 Å². The van der Waals surface area contributed by atoms with E-state index in [1.165, 1.54) is 16.8 Å². The van der Waals surface area contributed by atoms with Gasteiger partial charge in [-0.2, -0.15) is 0 Å². The van der Waals surface area contributed by atoms with Gasteiger partial charge in [0.05, 0.1) is 11.0 Å². The molecule has 3 N–H and O–H groups in total. The van der Waals surface area contributed by atoms with E-state index in [1.807, 2.05) is 0 Å². The third-order valence-electron chi connectivity index (χ3n) is 3.14. The number of fused-ring (bicyclic) bond motifs is 1. The molecule has 0 saturated heterocycles. The standard InChI is InChI=1S/C14H12N4O3/c1-18-5-4-8(6-12(18)19)13(20)15-9-2-3-10-11(7-9)17-14(21)16-10/h2-7H,1H3,(H,15,20)(H2,16,17,21). The van der Waals surface area contributed by atoms with Crippen molar-refractivity contribution in [3.63, 3.8) is 0 Å². The van der Waals surface area contributed by atoms with Crippen molar-refractivity contribution in [3.8, 4) is 0 Å². The average molecular weight is 284 g/mol. The number of imidazole rings is 1. The predicted octanol–water partition coefficient (Wildman–Crippen LogP) is 0.807. The molecule has 0 unspecified atom stereocenters. The van der Waals surface area contributed by atoms with E-state index < -0.39 is 0 Å². The molecule has 7 heteroatoms. The molecule has 0 fully saturated rings. The zero-order valence-electron chi connectivity index (χ0n) is 11.1. The summed E-state index contributed by atoms with van der Waals surface area (Å²) in [6.07, 6.45) is 1.53. The minimum atomic E-state index is -0.384. The van der Waals surface area contributed by atoms with E-state index in [0.29, 0.717) is 16.7 Å². The molecule has 106 valence electrons. The van der Waals surface area contributed by atoms with Gasteiger partial charge in [0.2, 0.25) is 0 Å². The molecule has 2 aromatic heterocycles. The van der Waals surface area contributed by atoms with E-state index in [9.17, 15) is 14.4 Å². The Hall–Kier alpha value is -3.09. The normalized spacial score (nSPS) is 10.7. The number of aromatic nitrogens is 3. The molecule has 0 radical (unpaired) electrons. The van der Waals surface area contributed by atoms with Gasteiger partial charge in [-0.25, -0.2) is 4.79 Å². The molecular formula is C14H12N4O3. The number of hydrogen-bond acceptors (Lipinski definition) is 3. The lowest BCUT2D eigenvalue weighted by Gasteiger charge is -2.05. The monoisotopic (exact) mass is 284 g/mol. The van der Waals surface area contributed by atoms with Gasteiger partial charge in [-0.1, -0.05) is 0 Å². The van der Waals surface area contributed by atoms with Gasteiger partial charge in [0.25, 0.3) is 11.5 Å². The van der Waals surface area contributed by atoms with Gasteiger partial charge in [0.1, 0.15) is 0 Å². The summed E-state index contributed by atoms with van der Waals surface area (Å²) >= 11 is 0. The minimum Gasteiger partial charge on any atom is -0.322 e. The lowest BCUT2D eigenvalue weighted by Crippen LogP contribution is -2.19. The Bertz CT molecular complexity index is 948. The number of nitrogens with one attached hydrogen (secondary N) is 3. The Labute approximate surface area is 118 Å². The fourth-order valence-electron chi connectivity index (χ4n) is 2.00. The van der Waals surface area contributed by atoms with Crippen molar-refractivity contribution < 1.29 is 4.79 Å². The molecule has 3 rings (SSSR count). The van der Waals surface area contributed by atoms with Crippen LogP contribution in [0.4, 0.5) is 5.69 Å². The first kappa shape index (κ1) is 12.9. The molecule has 0 saturated carbocycles. The maximum Gasteiger partial charge on any atom is 0.323 e. The zero-order valence-corrected chi connectivity index (χ0v) is 11.1. The van der Waals surface area contributed by atoms with Crippen LogP contribution >= 0.6 is 0 Å². The van der Waals surface area contributed by atoms with E-state index >= 15 is 0 Å². The lowest BCUT2D eigenvalue weighted by atomic mass is 10.2. The van der Waals surface area contributed by atoms with Crippen LogP contribution in [0, 0.1) is 0 Å². The Balaban J connectivity index is 1.89. The second kappa shape index (κ2) is 4.78. The van der Waals surface area contributed by atoms with Crippen molar-refractivity contribution in [3.05, 3.63) is 62.9 Å². The van der Waals surface area contributed by atoms with Crippen molar-refractivity contribution in [1.82, 2.24) is 14.5 Å². The Morgan fingerprint density at radius 1 is 1.10 bits per heavy atom. The molecule has 0 atom stereocenters. The summed E-state index contributed by atoms with van der Waals surface area (Å²) in [5, 5.41) is 2.68. The van der Waals surface area contributed by atoms with E-state index in [2.05, 4.69) is 15.3 Å². The summed E-state index contributed by atoms with van der Waals surface area (Å²) in [5.74, 6) is -0.384. The van der Waals surface area contributed by atoms with Crippen molar-refractivity contribution in [2.75, 3.05) is 5.32 Å². The van der Waals surface area contributed by atoms with Crippen molar-refractivity contribution in [2.45, 2.75) is 0 Å². The molecule has 0 spiro atoms. The van der Waals surface area contributed by atoms with E-state index in [4.69, 9.17) is 0 Å². The molecule has 0 aliphatic rings. The number of amides is 1. The van der Waals surface area contributed by atoms with Gasteiger partial charge < -0.3 is 19.9 Å². The second-order valence-corrected chi connectivity index (χ2v) is 4.66. The second-order valence-electron chi connectivity index (χ2n) is 4.66. The minimum absolute atomic E-state index is 0.256. The van der Waals surface area contributed by atoms with E-state index in [0.717, 1.165) is 0 Å². The third-order valence-corrected chi connectivity index (χ3v) is 3.14. The van der Waals surface area contributed by atoms with Crippen LogP contribution in [0.1, 0.15) is 10.4 Å². The highest BCUT2D eigenvalue weighted by Gasteiger charge is 2.08. The number of rotatable bonds is 2. The summed E-state index contributed by atoms with van der Waals surface area (Å²) < 4.78 is 1.38. The Morgan fingerprint density at radius 2 is 1.86 bits per heavy atom. The maximum absolute atomic E-state index is 12.1. The fourth-order valence-corrected chi connectivity index (χ4v) is 2.00. The smallest absolute Gasteiger partial charge is 0.322 e. The molecule has 0 bridgehead atoms. The molecule has 0 aliphatic heterocycles. The molecule has 0 aliphatic carbocycles. The van der Waals surface area contributed by atoms with E-state index in [1.54, 1.807) is 31.3 Å². The number of H-pyrrole nitrogens is 2. The molecule has 21 heavy (non-hydrogen) atoms. The number of anilines is 1. The quantitative estimate of drug-likeness (QED) is 0.649. The first-order chi connectivity index (χ1) is 10.0. The first-order valence-electron chi connectivity index (χ1n) is 6.23. The maximum atomic E-state index is 12.1. The molecule has 1 amide bonds. The van der Waals surface area contributed by atoms with Crippen LogP contribution < -0.4 is 16.6 Å². The summed E-state index contributed by atoms with van der Waals surface area (Å²) in [6, 6.07) is 7.84. The van der Waals surface area contributed by atoms with Gasteiger partial charge in [-0.3, -0.25) is 9.59 Å². The van der Waals surface area contributed by atoms with Crippen LogP contribution in [-0.4, -0.2) is 20.4 Å². The number of carbonyl (C=O) groups is 1. The van der Waals surface area contributed by atoms with Crippen LogP contribution in [0.15, 0.2) is 46.1 Å². The van der Waals surface area contributed by atoms with Crippen LogP contribution in [0.25, 0.3) is 11.0 Å². The van der Waals surface area contributed by atoms with Crippen molar-refractivity contribution in [1.29, 1.82) is 0 Å². The molecule has 1 aromatic carbocycles. The molecule has 7 nitrogen and oxygen atoms in total. The number of aromatic amines is 2. The van der Waals surface area contributed by atoms with Gasteiger partial charge in [-0.15, -0.1) is 0 Å². The number of carbonyl (C=O) groups excluding carboxylic acids is 1. The number of nitrogens with zero attached hydrogens (tertiary/aromatic N) is 1. The highest BCUT2D eigenvalue weighted by molar-refractivity contribution is 6.04. The number of aryl methyl sites for hydroxylation is 1. The summed E-state index contributed by atoms with van der Waals surface area (Å²) in [5.41, 5.74) is 1.51. The average Bonchev–Trinajstić information content (AvgIpc) is 2.81. The summed E-state index contributed by atoms with van der Waals surface area (Å²) in [7, 11) is 1.61. The van der Waals surface area contributed by atoms with Gasteiger partial charge >= 0.3 is 5.69 Å². The van der Waals surface area contributed by atoms with Crippen molar-refractivity contribution >= 4 is 22.6 Å². The Kier molecular flexibility index (Phi) is 2.94. The number of benzene rings is 1. The van der Waals surface area contributed by atoms with Crippen LogP contribution in [0.2, 0.25) is 0 Å².